The molecular formula is C27H38N4O4. The van der Waals surface area contributed by atoms with E-state index >= 15 is 0 Å². The molecule has 1 aromatic rings. The Labute approximate surface area is 208 Å². The first-order valence-corrected chi connectivity index (χ1v) is 13.2. The zero-order chi connectivity index (χ0) is 24.6. The lowest BCUT2D eigenvalue weighted by Crippen LogP contribution is -2.59. The molecule has 0 radical (unpaired) electrons. The maximum Gasteiger partial charge on any atom is 0.312 e. The van der Waals surface area contributed by atoms with Crippen LogP contribution in [0.5, 0.6) is 0 Å². The Morgan fingerprint density at radius 1 is 0.800 bits per heavy atom. The minimum atomic E-state index is -0.494. The van der Waals surface area contributed by atoms with Crippen LogP contribution in [-0.2, 0) is 25.6 Å². The third-order valence-electron chi connectivity index (χ3n) is 7.70. The summed E-state index contributed by atoms with van der Waals surface area (Å²) in [5, 5.41) is 2.74. The lowest BCUT2D eigenvalue weighted by molar-refractivity contribution is -0.156. The van der Waals surface area contributed by atoms with Gasteiger partial charge >= 0.3 is 23.6 Å². The molecule has 2 saturated heterocycles. The molecule has 8 nitrogen and oxygen atoms in total. The molecule has 2 heterocycles. The predicted octanol–water partition coefficient (Wildman–Crippen LogP) is 1.98. The van der Waals surface area contributed by atoms with Crippen molar-refractivity contribution in [1.29, 1.82) is 0 Å². The van der Waals surface area contributed by atoms with Crippen LogP contribution in [0.3, 0.4) is 0 Å². The van der Waals surface area contributed by atoms with Crippen molar-refractivity contribution in [3.05, 3.63) is 35.9 Å². The highest BCUT2D eigenvalue weighted by molar-refractivity contribution is 6.36. The maximum absolute atomic E-state index is 12.6. The zero-order valence-corrected chi connectivity index (χ0v) is 20.6. The summed E-state index contributed by atoms with van der Waals surface area (Å²) in [5.74, 6) is -1.23. The fourth-order valence-corrected chi connectivity index (χ4v) is 5.56. The largest absolute Gasteiger partial charge is 0.346 e. The van der Waals surface area contributed by atoms with Crippen LogP contribution in [0.15, 0.2) is 30.3 Å². The van der Waals surface area contributed by atoms with E-state index in [9.17, 15) is 19.2 Å². The van der Waals surface area contributed by atoms with E-state index in [-0.39, 0.29) is 6.04 Å². The van der Waals surface area contributed by atoms with Crippen LogP contribution in [0.4, 0.5) is 0 Å². The number of unbranched alkanes of at least 4 members (excludes halogenated alkanes) is 1. The normalized spacial score (nSPS) is 22.1. The van der Waals surface area contributed by atoms with Gasteiger partial charge in [0.1, 0.15) is 0 Å². The summed E-state index contributed by atoms with van der Waals surface area (Å²) < 4.78 is 0. The number of amides is 4. The van der Waals surface area contributed by atoms with Crippen molar-refractivity contribution in [2.24, 2.45) is 5.92 Å². The molecule has 0 unspecified atom stereocenters. The number of carbonyl (C=O) groups excluding carboxylic acids is 4. The van der Waals surface area contributed by atoms with Crippen LogP contribution in [-0.4, -0.2) is 83.6 Å². The maximum atomic E-state index is 12.6. The van der Waals surface area contributed by atoms with Gasteiger partial charge in [-0.05, 0) is 50.0 Å². The molecule has 1 aliphatic carbocycles. The van der Waals surface area contributed by atoms with Crippen molar-refractivity contribution in [3.63, 3.8) is 0 Å². The van der Waals surface area contributed by atoms with Crippen LogP contribution in [0.1, 0.15) is 56.9 Å². The molecular weight excluding hydrogens is 444 g/mol. The summed E-state index contributed by atoms with van der Waals surface area (Å²) in [6.45, 7) is 3.40. The van der Waals surface area contributed by atoms with E-state index < -0.39 is 23.6 Å². The second-order valence-corrected chi connectivity index (χ2v) is 10.1. The molecule has 3 fully saturated rings. The van der Waals surface area contributed by atoms with Crippen molar-refractivity contribution in [3.8, 4) is 0 Å². The van der Waals surface area contributed by atoms with Gasteiger partial charge in [-0.25, -0.2) is 0 Å². The second kappa shape index (κ2) is 12.2. The topological polar surface area (TPSA) is 90.0 Å². The Bertz CT molecular complexity index is 900. The van der Waals surface area contributed by atoms with Gasteiger partial charge in [0.05, 0.1) is 0 Å². The summed E-state index contributed by atoms with van der Waals surface area (Å²) in [6, 6.07) is 10.00. The van der Waals surface area contributed by atoms with E-state index in [1.807, 2.05) is 30.3 Å². The molecule has 4 rings (SSSR count). The van der Waals surface area contributed by atoms with E-state index in [4.69, 9.17) is 0 Å². The van der Waals surface area contributed by atoms with Crippen LogP contribution in [0.2, 0.25) is 0 Å². The van der Waals surface area contributed by atoms with Crippen LogP contribution in [0.25, 0.3) is 0 Å². The van der Waals surface area contributed by atoms with Crippen LogP contribution in [0, 0.1) is 5.92 Å². The first kappa shape index (κ1) is 25.2. The molecule has 0 spiro atoms. The van der Waals surface area contributed by atoms with Crippen molar-refractivity contribution in [2.75, 3.05) is 39.3 Å². The van der Waals surface area contributed by atoms with Crippen LogP contribution < -0.4 is 5.32 Å². The Morgan fingerprint density at radius 2 is 1.49 bits per heavy atom. The average Bonchev–Trinajstić information content (AvgIpc) is 2.89. The Hall–Kier alpha value is -2.90. The molecule has 1 N–H and O–H groups in total. The standard InChI is InChI=1S/C27H38N4O4/c32-24-25(33)31(20-22-11-5-2-6-12-22)23(19-28-24)13-7-8-15-29-17-18-30(27(35)26(29)34)16-14-21-9-3-1-4-10-21/h1,3-4,9-10,22-23H,2,5-8,11-20H2,(H,28,32)/t23-/m0/s1. The number of benzene rings is 1. The van der Waals surface area contributed by atoms with E-state index in [0.717, 1.165) is 44.1 Å². The van der Waals surface area contributed by atoms with Gasteiger partial charge in [-0.2, -0.15) is 0 Å². The molecule has 4 amide bonds. The third kappa shape index (κ3) is 6.61. The number of rotatable bonds is 10. The number of hydrogen-bond acceptors (Lipinski definition) is 4. The van der Waals surface area contributed by atoms with E-state index in [1.54, 1.807) is 14.7 Å². The van der Waals surface area contributed by atoms with E-state index in [1.165, 1.54) is 19.3 Å². The van der Waals surface area contributed by atoms with Crippen molar-refractivity contribution in [1.82, 2.24) is 20.0 Å². The number of carbonyl (C=O) groups is 4. The Morgan fingerprint density at radius 3 is 2.20 bits per heavy atom. The fraction of sp³-hybridized carbons (Fsp3) is 0.630. The van der Waals surface area contributed by atoms with Gasteiger partial charge in [0, 0.05) is 45.3 Å². The minimum Gasteiger partial charge on any atom is -0.346 e. The molecule has 0 aromatic heterocycles. The summed E-state index contributed by atoms with van der Waals surface area (Å²) in [4.78, 5) is 54.9. The first-order valence-electron chi connectivity index (χ1n) is 13.2. The Kier molecular flexibility index (Phi) is 8.77. The summed E-state index contributed by atoms with van der Waals surface area (Å²) in [6.07, 6.45) is 9.08. The van der Waals surface area contributed by atoms with Crippen molar-refractivity contribution < 1.29 is 19.2 Å². The summed E-state index contributed by atoms with van der Waals surface area (Å²) in [7, 11) is 0. The smallest absolute Gasteiger partial charge is 0.312 e. The molecule has 3 aliphatic rings. The van der Waals surface area contributed by atoms with Gasteiger partial charge in [-0.15, -0.1) is 0 Å². The van der Waals surface area contributed by atoms with Gasteiger partial charge < -0.3 is 20.0 Å². The first-order chi connectivity index (χ1) is 17.0. The lowest BCUT2D eigenvalue weighted by Gasteiger charge is -2.38. The second-order valence-electron chi connectivity index (χ2n) is 10.1. The molecule has 0 bridgehead atoms. The molecule has 35 heavy (non-hydrogen) atoms. The molecule has 2 aliphatic heterocycles. The van der Waals surface area contributed by atoms with Gasteiger partial charge in [-0.3, -0.25) is 19.2 Å². The zero-order valence-electron chi connectivity index (χ0n) is 20.6. The van der Waals surface area contributed by atoms with E-state index in [2.05, 4.69) is 5.32 Å². The SMILES string of the molecule is O=C1NC[C@H](CCCCN2CCN(CCc3ccccc3)C(=O)C2=O)N(CC2CCCCC2)C1=O. The quantitative estimate of drug-likeness (QED) is 0.408. The highest BCUT2D eigenvalue weighted by Gasteiger charge is 2.35. The Balaban J connectivity index is 1.20. The van der Waals surface area contributed by atoms with E-state index in [0.29, 0.717) is 45.2 Å². The summed E-state index contributed by atoms with van der Waals surface area (Å²) in [5.41, 5.74) is 1.16. The van der Waals surface area contributed by atoms with Crippen LogP contribution >= 0.6 is 0 Å². The van der Waals surface area contributed by atoms with Gasteiger partial charge in [0.25, 0.3) is 0 Å². The average molecular weight is 483 g/mol. The van der Waals surface area contributed by atoms with Gasteiger partial charge in [0.15, 0.2) is 0 Å². The molecule has 1 atom stereocenters. The number of nitrogens with zero attached hydrogens (tertiary/aromatic N) is 3. The van der Waals surface area contributed by atoms with Crippen molar-refractivity contribution in [2.45, 2.75) is 63.8 Å². The molecule has 190 valence electrons. The highest BCUT2D eigenvalue weighted by atomic mass is 16.2. The summed E-state index contributed by atoms with van der Waals surface area (Å²) >= 11 is 0. The number of nitrogens with one attached hydrogen (secondary N) is 1. The fourth-order valence-electron chi connectivity index (χ4n) is 5.56. The highest BCUT2D eigenvalue weighted by Crippen LogP contribution is 2.26. The molecule has 8 heteroatoms. The number of piperazine rings is 2. The minimum absolute atomic E-state index is 0.00861. The van der Waals surface area contributed by atoms with Gasteiger partial charge in [-0.1, -0.05) is 49.6 Å². The molecule has 1 aromatic carbocycles. The molecule has 1 saturated carbocycles. The number of hydrogen-bond donors (Lipinski definition) is 1. The van der Waals surface area contributed by atoms with Gasteiger partial charge in [0.2, 0.25) is 0 Å². The predicted molar refractivity (Wildman–Crippen MR) is 132 cm³/mol. The third-order valence-corrected chi connectivity index (χ3v) is 7.70. The van der Waals surface area contributed by atoms with Crippen molar-refractivity contribution >= 4 is 23.6 Å². The monoisotopic (exact) mass is 482 g/mol. The lowest BCUT2D eigenvalue weighted by atomic mass is 9.88.